The zero-order chi connectivity index (χ0) is 19.7. The van der Waals surface area contributed by atoms with Crippen molar-refractivity contribution in [3.8, 4) is 0 Å². The molecule has 1 atom stereocenters. The molecule has 0 spiro atoms. The fourth-order valence-corrected chi connectivity index (χ4v) is 4.23. The highest BCUT2D eigenvalue weighted by Crippen LogP contribution is 2.36. The first-order chi connectivity index (χ1) is 13.5. The van der Waals surface area contributed by atoms with Gasteiger partial charge in [0.2, 0.25) is 0 Å². The Hall–Kier alpha value is -2.72. The molecule has 28 heavy (non-hydrogen) atoms. The number of carbonyl (C=O) groups is 1. The third-order valence-corrected chi connectivity index (χ3v) is 5.70. The van der Waals surface area contributed by atoms with E-state index in [4.69, 9.17) is 0 Å². The number of Topliss-reactive ketones (excluding diaryl/α,β-unsaturated/α-hetero) is 1. The van der Waals surface area contributed by atoms with Gasteiger partial charge in [-0.15, -0.1) is 0 Å². The predicted octanol–water partition coefficient (Wildman–Crippen LogP) is 5.13. The molecule has 0 unspecified atom stereocenters. The summed E-state index contributed by atoms with van der Waals surface area (Å²) in [7, 11) is 0. The van der Waals surface area contributed by atoms with Gasteiger partial charge in [-0.2, -0.15) is 0 Å². The lowest BCUT2D eigenvalue weighted by Gasteiger charge is -2.35. The molecule has 1 heterocycles. The summed E-state index contributed by atoms with van der Waals surface area (Å²) in [5.74, 6) is -0.278. The first-order valence-corrected chi connectivity index (χ1v) is 9.79. The number of halogens is 1. The maximum atomic E-state index is 13.1. The van der Waals surface area contributed by atoms with Crippen LogP contribution in [0.3, 0.4) is 0 Å². The first kappa shape index (κ1) is 18.6. The second-order valence-electron chi connectivity index (χ2n) is 7.53. The predicted molar refractivity (Wildman–Crippen MR) is 110 cm³/mol. The van der Waals surface area contributed by atoms with Crippen molar-refractivity contribution in [3.63, 3.8) is 0 Å². The van der Waals surface area contributed by atoms with Gasteiger partial charge in [0.15, 0.2) is 5.78 Å². The monoisotopic (exact) mass is 377 g/mol. The number of hydrogen-bond acceptors (Lipinski definition) is 3. The topological polar surface area (TPSA) is 40.5 Å². The lowest BCUT2D eigenvalue weighted by Crippen LogP contribution is -2.37. The van der Waals surface area contributed by atoms with Crippen molar-refractivity contribution in [3.05, 3.63) is 77.6 Å². The maximum Gasteiger partial charge on any atom is 0.166 e. The smallest absolute Gasteiger partial charge is 0.166 e. The number of anilines is 1. The van der Waals surface area contributed by atoms with E-state index in [-0.39, 0.29) is 17.5 Å². The number of rotatable bonds is 4. The van der Waals surface area contributed by atoms with Crippen molar-refractivity contribution < 1.29 is 14.3 Å². The molecule has 0 radical (unpaired) electrons. The minimum Gasteiger partial charge on any atom is -0.389 e. The normalized spacial score (nSPS) is 16.3. The highest BCUT2D eigenvalue weighted by atomic mass is 19.1. The summed E-state index contributed by atoms with van der Waals surface area (Å²) in [5.41, 5.74) is 2.57. The van der Waals surface area contributed by atoms with Crippen LogP contribution in [0.5, 0.6) is 0 Å². The number of nitrogens with zero attached hydrogens (tertiary/aromatic N) is 1. The summed E-state index contributed by atoms with van der Waals surface area (Å²) in [6, 6.07) is 18.1. The Kier molecular flexibility index (Phi) is 5.14. The van der Waals surface area contributed by atoms with Crippen LogP contribution in [0.15, 0.2) is 60.7 Å². The third kappa shape index (κ3) is 3.52. The van der Waals surface area contributed by atoms with Crippen LogP contribution in [-0.2, 0) is 0 Å². The Morgan fingerprint density at radius 3 is 2.39 bits per heavy atom. The van der Waals surface area contributed by atoms with Crippen LogP contribution in [0, 0.1) is 11.7 Å². The lowest BCUT2D eigenvalue weighted by atomic mass is 9.88. The van der Waals surface area contributed by atoms with E-state index in [2.05, 4.69) is 23.1 Å². The number of aliphatic hydroxyl groups excluding tert-OH is 1. The molecular weight excluding hydrogens is 353 g/mol. The number of piperidine rings is 1. The molecule has 3 aromatic rings. The fourth-order valence-electron chi connectivity index (χ4n) is 4.23. The SMILES string of the molecule is C[C@H](O)c1c(N2CCC(C(=O)c3ccc(F)cc3)CC2)ccc2ccccc12. The number of aliphatic hydroxyl groups is 1. The van der Waals surface area contributed by atoms with E-state index in [9.17, 15) is 14.3 Å². The van der Waals surface area contributed by atoms with Gasteiger partial charge in [0.05, 0.1) is 6.10 Å². The van der Waals surface area contributed by atoms with Crippen molar-refractivity contribution in [1.82, 2.24) is 0 Å². The van der Waals surface area contributed by atoms with E-state index in [0.29, 0.717) is 5.56 Å². The summed E-state index contributed by atoms with van der Waals surface area (Å²) in [4.78, 5) is 15.0. The molecule has 4 rings (SSSR count). The Morgan fingerprint density at radius 1 is 1.04 bits per heavy atom. The number of hydrogen-bond donors (Lipinski definition) is 1. The van der Waals surface area contributed by atoms with Gasteiger partial charge in [0.1, 0.15) is 5.82 Å². The Labute approximate surface area is 164 Å². The largest absolute Gasteiger partial charge is 0.389 e. The zero-order valence-electron chi connectivity index (χ0n) is 15.9. The van der Waals surface area contributed by atoms with Gasteiger partial charge in [0, 0.05) is 35.8 Å². The molecule has 0 amide bonds. The Bertz CT molecular complexity index is 989. The molecule has 0 saturated carbocycles. The van der Waals surface area contributed by atoms with E-state index < -0.39 is 6.10 Å². The molecule has 0 aromatic heterocycles. The van der Waals surface area contributed by atoms with Crippen LogP contribution in [0.1, 0.15) is 41.8 Å². The molecule has 3 aromatic carbocycles. The molecule has 0 aliphatic carbocycles. The van der Waals surface area contributed by atoms with Gasteiger partial charge < -0.3 is 10.0 Å². The summed E-state index contributed by atoms with van der Waals surface area (Å²) in [5, 5.41) is 12.6. The van der Waals surface area contributed by atoms with Gasteiger partial charge in [-0.05, 0) is 60.9 Å². The third-order valence-electron chi connectivity index (χ3n) is 5.70. The van der Waals surface area contributed by atoms with Crippen LogP contribution in [-0.4, -0.2) is 24.0 Å². The zero-order valence-corrected chi connectivity index (χ0v) is 15.9. The van der Waals surface area contributed by atoms with Crippen molar-refractivity contribution in [2.45, 2.75) is 25.9 Å². The highest BCUT2D eigenvalue weighted by Gasteiger charge is 2.27. The second-order valence-corrected chi connectivity index (χ2v) is 7.53. The van der Waals surface area contributed by atoms with Crippen LogP contribution >= 0.6 is 0 Å². The molecule has 1 aliphatic heterocycles. The molecule has 1 aliphatic rings. The van der Waals surface area contributed by atoms with Gasteiger partial charge in [-0.3, -0.25) is 4.79 Å². The van der Waals surface area contributed by atoms with Gasteiger partial charge in [0.25, 0.3) is 0 Å². The van der Waals surface area contributed by atoms with E-state index >= 15 is 0 Å². The Balaban J connectivity index is 1.54. The first-order valence-electron chi connectivity index (χ1n) is 9.79. The van der Waals surface area contributed by atoms with Crippen LogP contribution < -0.4 is 4.90 Å². The summed E-state index contributed by atoms with van der Waals surface area (Å²) >= 11 is 0. The lowest BCUT2D eigenvalue weighted by molar-refractivity contribution is 0.0900. The van der Waals surface area contributed by atoms with Crippen molar-refractivity contribution in [1.29, 1.82) is 0 Å². The number of fused-ring (bicyclic) bond motifs is 1. The summed E-state index contributed by atoms with van der Waals surface area (Å²) < 4.78 is 13.1. The van der Waals surface area contributed by atoms with E-state index in [1.165, 1.54) is 12.1 Å². The van der Waals surface area contributed by atoms with Crippen molar-refractivity contribution >= 4 is 22.2 Å². The van der Waals surface area contributed by atoms with Crippen molar-refractivity contribution in [2.75, 3.05) is 18.0 Å². The minimum atomic E-state index is -0.570. The summed E-state index contributed by atoms with van der Waals surface area (Å²) in [6.07, 6.45) is 0.935. The maximum absolute atomic E-state index is 13.1. The number of benzene rings is 3. The standard InChI is InChI=1S/C24H24FNO2/c1-16(27)23-21-5-3-2-4-17(21)8-11-22(23)26-14-12-19(13-15-26)24(28)18-6-9-20(25)10-7-18/h2-11,16,19,27H,12-15H2,1H3/t16-/m0/s1. The molecular formula is C24H24FNO2. The van der Waals surface area contributed by atoms with E-state index in [0.717, 1.165) is 48.0 Å². The number of carbonyl (C=O) groups excluding carboxylic acids is 1. The minimum absolute atomic E-state index is 0.0443. The van der Waals surface area contributed by atoms with Crippen LogP contribution in [0.4, 0.5) is 10.1 Å². The van der Waals surface area contributed by atoms with Crippen LogP contribution in [0.2, 0.25) is 0 Å². The quantitative estimate of drug-likeness (QED) is 0.641. The molecule has 3 nitrogen and oxygen atoms in total. The molecule has 1 fully saturated rings. The van der Waals surface area contributed by atoms with Gasteiger partial charge >= 0.3 is 0 Å². The fraction of sp³-hybridized carbons (Fsp3) is 0.292. The van der Waals surface area contributed by atoms with Gasteiger partial charge in [-0.25, -0.2) is 4.39 Å². The molecule has 1 saturated heterocycles. The van der Waals surface area contributed by atoms with Crippen molar-refractivity contribution in [2.24, 2.45) is 5.92 Å². The number of ketones is 1. The Morgan fingerprint density at radius 2 is 1.71 bits per heavy atom. The molecule has 1 N–H and O–H groups in total. The molecule has 0 bridgehead atoms. The van der Waals surface area contributed by atoms with E-state index in [1.54, 1.807) is 19.1 Å². The van der Waals surface area contributed by atoms with Gasteiger partial charge in [-0.1, -0.05) is 30.3 Å². The highest BCUT2D eigenvalue weighted by molar-refractivity contribution is 5.98. The molecule has 4 heteroatoms. The average molecular weight is 377 g/mol. The summed E-state index contributed by atoms with van der Waals surface area (Å²) in [6.45, 7) is 3.32. The molecule has 144 valence electrons. The van der Waals surface area contributed by atoms with Crippen LogP contribution in [0.25, 0.3) is 10.8 Å². The van der Waals surface area contributed by atoms with E-state index in [1.807, 2.05) is 18.2 Å². The second kappa shape index (κ2) is 7.72. The average Bonchev–Trinajstić information content (AvgIpc) is 2.73.